The maximum atomic E-state index is 12.2. The van der Waals surface area contributed by atoms with Crippen LogP contribution in [-0.2, 0) is 5.41 Å². The van der Waals surface area contributed by atoms with E-state index < -0.39 is 151 Å². The van der Waals surface area contributed by atoms with Gasteiger partial charge in [0.1, 0.15) is 11.5 Å². The molecule has 0 saturated heterocycles. The van der Waals surface area contributed by atoms with Crippen LogP contribution >= 0.6 is 0 Å². The summed E-state index contributed by atoms with van der Waals surface area (Å²) in [6.45, 7) is 3.15. The van der Waals surface area contributed by atoms with Crippen LogP contribution in [0.5, 0.6) is 11.5 Å². The first-order chi connectivity index (χ1) is 55.6. The third kappa shape index (κ3) is 7.19. The highest BCUT2D eigenvalue weighted by atomic mass is 16.5. The van der Waals surface area contributed by atoms with Gasteiger partial charge in [0.05, 0.1) is 62.2 Å². The number of hydrogen-bond acceptors (Lipinski definition) is 3. The third-order valence-electron chi connectivity index (χ3n) is 19.8. The molecule has 16 aromatic rings. The zero-order chi connectivity index (χ0) is 80.8. The molecule has 0 unspecified atom stereocenters. The summed E-state index contributed by atoms with van der Waals surface area (Å²) in [4.78, 5) is 3.92. The Labute approximate surface area is 581 Å². The van der Waals surface area contributed by atoms with Crippen molar-refractivity contribution in [2.45, 2.75) is 26.2 Å². The summed E-state index contributed by atoms with van der Waals surface area (Å²) in [5, 5.41) is -0.547. The largest absolute Gasteiger partial charge is 0.458 e. The number of para-hydroxylation sites is 4. The lowest BCUT2D eigenvalue weighted by Gasteiger charge is -2.48. The maximum absolute atomic E-state index is 12.2. The summed E-state index contributed by atoms with van der Waals surface area (Å²) in [7, 11) is 0. The minimum Gasteiger partial charge on any atom is -0.458 e. The molecule has 0 fully saturated rings. The molecular formula is C88H58B2N4O. The van der Waals surface area contributed by atoms with Crippen molar-refractivity contribution in [1.82, 2.24) is 9.13 Å². The molecule has 0 spiro atoms. The summed E-state index contributed by atoms with van der Waals surface area (Å²) in [5.41, 5.74) is 6.07. The molecule has 0 atom stereocenters. The van der Waals surface area contributed by atoms with Crippen LogP contribution in [0.1, 0.15) is 55.1 Å². The van der Waals surface area contributed by atoms with Crippen molar-refractivity contribution in [2.24, 2.45) is 0 Å². The predicted octanol–water partition coefficient (Wildman–Crippen LogP) is 18.8. The minimum atomic E-state index is -1.59. The number of nitrogens with zero attached hydrogens (tertiary/aromatic N) is 4. The fourth-order valence-electron chi connectivity index (χ4n) is 15.9. The molecule has 5 aliphatic rings. The van der Waals surface area contributed by atoms with Crippen LogP contribution in [0.4, 0.5) is 34.1 Å². The minimum absolute atomic E-state index is 0.00698. The summed E-state index contributed by atoms with van der Waals surface area (Å²) in [5.74, 6) is -0.545. The van der Waals surface area contributed by atoms with Gasteiger partial charge >= 0.3 is 0 Å². The molecular weight excluding hydrogens is 1150 g/mol. The van der Waals surface area contributed by atoms with E-state index in [2.05, 4.69) is 0 Å². The zero-order valence-corrected chi connectivity index (χ0v) is 51.0. The second-order valence-corrected chi connectivity index (χ2v) is 25.7. The van der Waals surface area contributed by atoms with Gasteiger partial charge in [0, 0.05) is 77.9 Å². The van der Waals surface area contributed by atoms with Gasteiger partial charge in [0.15, 0.2) is 0 Å². The fraction of sp³-hybridized carbons (Fsp3) is 0.0455. The van der Waals surface area contributed by atoms with E-state index in [1.807, 2.05) is 200 Å². The van der Waals surface area contributed by atoms with E-state index in [9.17, 15) is 27.4 Å². The van der Waals surface area contributed by atoms with E-state index in [0.717, 1.165) is 0 Å². The monoisotopic (exact) mass is 1230 g/mol. The standard InChI is InChI=1S/C88H58B2N4O/c1-88(2,3)59-50-72-78-73(51-59)93(84-62(56-31-15-7-16-32-56)39-24-40-63(84)57-33-17-8-18-34-57)74-52-75-80-87(94-70-42-22-20-36-65(70)67-45-48-77-82(86(67)94)90(80)81-76(95-77)47-44-66-64-35-19-21-41-69(64)91(75)85(66)81)79(74)89(78)68-46-43-58(53-25-9-4-10-26-53)49-71(68)92(72)83-60(54-27-11-5-12-28-54)37-23-38-61(83)55-29-13-6-14-30-55/h4-52H,1-3H3/i4D,9D,10D,19D,20D,21D,22D,25D,26D,35D,36D,41D,42D,43D,44D,45D,46D,47D,48D,49D,52D. The highest BCUT2D eigenvalue weighted by Crippen LogP contribution is 2.56. The highest BCUT2D eigenvalue weighted by molar-refractivity contribution is 7.05. The summed E-state index contributed by atoms with van der Waals surface area (Å²) in [6, 6.07) is 41.1. The van der Waals surface area contributed by atoms with Gasteiger partial charge in [-0.1, -0.05) is 257 Å². The Balaban J connectivity index is 1.09. The molecule has 0 bridgehead atoms. The Hall–Kier alpha value is -11.8. The Kier molecular flexibility index (Phi) is 7.44. The van der Waals surface area contributed by atoms with Gasteiger partial charge in [-0.15, -0.1) is 0 Å². The molecule has 14 aromatic carbocycles. The molecule has 5 nitrogen and oxygen atoms in total. The lowest BCUT2D eigenvalue weighted by molar-refractivity contribution is 0.488. The number of rotatable bonds is 7. The van der Waals surface area contributed by atoms with Crippen LogP contribution in [0.2, 0.25) is 0 Å². The number of hydrogen-bond donors (Lipinski definition) is 0. The number of anilines is 6. The predicted molar refractivity (Wildman–Crippen MR) is 400 cm³/mol. The molecule has 7 heterocycles. The number of fused-ring (bicyclic) bond motifs is 13. The second kappa shape index (κ2) is 19.4. The van der Waals surface area contributed by atoms with Gasteiger partial charge < -0.3 is 23.7 Å². The smallest absolute Gasteiger partial charge is 0.261 e. The Bertz CT molecular complexity index is 7170. The van der Waals surface area contributed by atoms with Crippen LogP contribution in [0.3, 0.4) is 0 Å². The summed E-state index contributed by atoms with van der Waals surface area (Å²) in [6.07, 6.45) is 0. The second-order valence-electron chi connectivity index (χ2n) is 25.7. The maximum Gasteiger partial charge on any atom is 0.261 e. The molecule has 5 aliphatic heterocycles. The van der Waals surface area contributed by atoms with Crippen LogP contribution in [0, 0.1) is 0 Å². The Morgan fingerprint density at radius 1 is 0.337 bits per heavy atom. The molecule has 442 valence electrons. The van der Waals surface area contributed by atoms with E-state index in [-0.39, 0.29) is 111 Å². The van der Waals surface area contributed by atoms with Gasteiger partial charge in [-0.05, 0) is 138 Å². The topological polar surface area (TPSA) is 25.6 Å². The van der Waals surface area contributed by atoms with Crippen LogP contribution in [-0.4, -0.2) is 22.6 Å². The quantitative estimate of drug-likeness (QED) is 0.149. The van der Waals surface area contributed by atoms with Crippen molar-refractivity contribution < 1.29 is 33.5 Å². The van der Waals surface area contributed by atoms with Gasteiger partial charge in [-0.3, -0.25) is 0 Å². The first-order valence-electron chi connectivity index (χ1n) is 42.1. The van der Waals surface area contributed by atoms with Crippen molar-refractivity contribution in [3.8, 4) is 78.5 Å². The molecule has 21 rings (SSSR count). The molecule has 95 heavy (non-hydrogen) atoms. The average Bonchev–Trinajstić information content (AvgIpc) is 1.35. The molecule has 0 N–H and O–H groups in total. The highest BCUT2D eigenvalue weighted by Gasteiger charge is 2.53. The summed E-state index contributed by atoms with van der Waals surface area (Å²) >= 11 is 0. The number of aromatic nitrogens is 2. The van der Waals surface area contributed by atoms with Crippen molar-refractivity contribution in [1.29, 1.82) is 0 Å². The van der Waals surface area contributed by atoms with Crippen LogP contribution < -0.4 is 47.3 Å². The van der Waals surface area contributed by atoms with Gasteiger partial charge in [-0.25, -0.2) is 0 Å². The molecule has 0 saturated carbocycles. The third-order valence-corrected chi connectivity index (χ3v) is 19.8. The Morgan fingerprint density at radius 2 is 0.800 bits per heavy atom. The van der Waals surface area contributed by atoms with Crippen molar-refractivity contribution in [3.63, 3.8) is 0 Å². The van der Waals surface area contributed by atoms with Crippen molar-refractivity contribution in [3.05, 3.63) is 302 Å². The summed E-state index contributed by atoms with van der Waals surface area (Å²) < 4.78 is 223. The van der Waals surface area contributed by atoms with Crippen molar-refractivity contribution in [2.75, 3.05) is 9.80 Å². The van der Waals surface area contributed by atoms with Crippen LogP contribution in [0.25, 0.3) is 111 Å². The lowest BCUT2D eigenvalue weighted by Crippen LogP contribution is -2.67. The lowest BCUT2D eigenvalue weighted by atomic mass is 9.29. The average molecular weight is 1230 g/mol. The van der Waals surface area contributed by atoms with E-state index >= 15 is 0 Å². The molecule has 0 radical (unpaired) electrons. The van der Waals surface area contributed by atoms with Gasteiger partial charge in [0.2, 0.25) is 0 Å². The zero-order valence-electron chi connectivity index (χ0n) is 72.0. The molecule has 7 heteroatoms. The number of ether oxygens (including phenoxy) is 1. The van der Waals surface area contributed by atoms with Gasteiger partial charge in [0.25, 0.3) is 13.4 Å². The molecule has 0 aliphatic carbocycles. The SMILES string of the molecule is [2H]c1c([2H])c([2H])c(-c2c([2H])c([2H])c3c(c2[2H])N(c2c(-c4ccccc4)cccc2-c2ccccc2)c2cc(C(C)(C)C)cc4c2B3c2c(c([2H])c3c5c2-n2c6c([2H])c([2H])c([2H])c([2H])c6c6c([2H])c([2H])c7c(c62)B5c2c(c([2H])c([2H])c5c6c([2H])c([2H])c([2H])c([2H])c6n-3c25)O7)N4c2c(-c3ccccc3)cccc2-c2ccccc2)c([2H])c1[2H]. The number of benzene rings is 14. The fourth-order valence-corrected chi connectivity index (χ4v) is 15.9. The van der Waals surface area contributed by atoms with Gasteiger partial charge in [-0.2, -0.15) is 0 Å². The van der Waals surface area contributed by atoms with E-state index in [1.165, 1.54) is 4.57 Å². The normalized spacial score (nSPS) is 16.5. The van der Waals surface area contributed by atoms with E-state index in [0.29, 0.717) is 78.3 Å². The molecule has 0 amide bonds. The van der Waals surface area contributed by atoms with E-state index in [1.54, 1.807) is 4.57 Å². The van der Waals surface area contributed by atoms with E-state index in [4.69, 9.17) is 6.11 Å². The Morgan fingerprint density at radius 3 is 1.32 bits per heavy atom. The molecule has 2 aromatic heterocycles. The first-order valence-corrected chi connectivity index (χ1v) is 31.6. The van der Waals surface area contributed by atoms with Crippen molar-refractivity contribution >= 4 is 124 Å². The first kappa shape index (κ1) is 36.5. The van der Waals surface area contributed by atoms with Crippen LogP contribution in [0.15, 0.2) is 297 Å².